The molecular weight excluding hydrogens is 578 g/mol. The molecule has 0 spiro atoms. The van der Waals surface area contributed by atoms with Crippen molar-refractivity contribution >= 4 is 6.29 Å². The van der Waals surface area contributed by atoms with Crippen molar-refractivity contribution in [1.29, 1.82) is 0 Å². The molecule has 0 aliphatic rings. The zero-order valence-electron chi connectivity index (χ0n) is 14.9. The Balaban J connectivity index is 0.000000211. The fraction of sp³-hybridized carbons (Fsp3) is 0. The Bertz CT molecular complexity index is 1140. The SMILES string of the molecule is Fc1c[c-]c(-n2cccn2)c(F)c1.O=Cc1ccnc(-c2[c-]cc(F)cc2F)c1.[Ir]. The third-order valence-corrected chi connectivity index (χ3v) is 3.61. The summed E-state index contributed by atoms with van der Waals surface area (Å²) >= 11 is 0. The van der Waals surface area contributed by atoms with Crippen LogP contribution in [-0.2, 0) is 20.1 Å². The number of carbonyl (C=O) groups excluding carboxylic acids is 1. The summed E-state index contributed by atoms with van der Waals surface area (Å²) in [4.78, 5) is 14.4. The molecule has 0 bridgehead atoms. The van der Waals surface area contributed by atoms with Gasteiger partial charge in [-0.3, -0.25) is 27.0 Å². The fourth-order valence-corrected chi connectivity index (χ4v) is 2.31. The molecule has 4 rings (SSSR count). The third-order valence-electron chi connectivity index (χ3n) is 3.61. The molecule has 0 unspecified atom stereocenters. The van der Waals surface area contributed by atoms with Crippen LogP contribution in [0.5, 0.6) is 0 Å². The van der Waals surface area contributed by atoms with Crippen molar-refractivity contribution in [1.82, 2.24) is 14.8 Å². The number of hydrogen-bond acceptors (Lipinski definition) is 3. The molecule has 9 heteroatoms. The smallest absolute Gasteiger partial charge is 0.149 e. The molecule has 0 saturated carbocycles. The summed E-state index contributed by atoms with van der Waals surface area (Å²) < 4.78 is 52.9. The van der Waals surface area contributed by atoms with Gasteiger partial charge >= 0.3 is 0 Å². The van der Waals surface area contributed by atoms with Gasteiger partial charge in [-0.05, 0) is 23.5 Å². The predicted octanol–water partition coefficient (Wildman–Crippen LogP) is 4.59. The summed E-state index contributed by atoms with van der Waals surface area (Å²) in [6.45, 7) is 0. The second-order valence-electron chi connectivity index (χ2n) is 5.60. The first-order chi connectivity index (χ1) is 14.0. The Morgan fingerprint density at radius 1 is 0.933 bits per heavy atom. The van der Waals surface area contributed by atoms with Crippen LogP contribution in [-0.4, -0.2) is 21.1 Å². The molecule has 1 radical (unpaired) electrons. The van der Waals surface area contributed by atoms with Crippen molar-refractivity contribution in [3.05, 3.63) is 102 Å². The van der Waals surface area contributed by atoms with Gasteiger partial charge in [-0.15, -0.1) is 24.3 Å². The zero-order chi connectivity index (χ0) is 20.8. The average Bonchev–Trinajstić information content (AvgIpc) is 3.23. The summed E-state index contributed by atoms with van der Waals surface area (Å²) in [6, 6.07) is 13.1. The summed E-state index contributed by atoms with van der Waals surface area (Å²) in [5, 5.41) is 3.80. The molecular formula is C21H11F4IrN3O-2. The van der Waals surface area contributed by atoms with Gasteiger partial charge in [0.2, 0.25) is 0 Å². The van der Waals surface area contributed by atoms with Gasteiger partial charge < -0.3 is 4.98 Å². The number of halogens is 4. The largest absolute Gasteiger partial charge is 0.305 e. The minimum absolute atomic E-state index is 0. The van der Waals surface area contributed by atoms with E-state index < -0.39 is 23.3 Å². The number of benzene rings is 2. The van der Waals surface area contributed by atoms with Crippen LogP contribution in [0.25, 0.3) is 16.9 Å². The first-order valence-electron chi connectivity index (χ1n) is 8.13. The van der Waals surface area contributed by atoms with Gasteiger partial charge in [0.1, 0.15) is 6.29 Å². The topological polar surface area (TPSA) is 47.8 Å². The van der Waals surface area contributed by atoms with Crippen molar-refractivity contribution < 1.29 is 42.5 Å². The Labute approximate surface area is 182 Å². The van der Waals surface area contributed by atoms with E-state index in [0.717, 1.165) is 24.3 Å². The molecule has 2 aromatic heterocycles. The van der Waals surface area contributed by atoms with Crippen LogP contribution in [0.15, 0.2) is 61.1 Å². The van der Waals surface area contributed by atoms with Gasteiger partial charge in [0.25, 0.3) is 0 Å². The van der Waals surface area contributed by atoms with Crippen LogP contribution >= 0.6 is 0 Å². The van der Waals surface area contributed by atoms with Gasteiger partial charge in [0, 0.05) is 67.5 Å². The van der Waals surface area contributed by atoms with E-state index in [2.05, 4.69) is 22.2 Å². The summed E-state index contributed by atoms with van der Waals surface area (Å²) in [7, 11) is 0. The third kappa shape index (κ3) is 5.68. The molecule has 4 nitrogen and oxygen atoms in total. The molecule has 0 aliphatic carbocycles. The molecule has 0 aliphatic heterocycles. The van der Waals surface area contributed by atoms with Gasteiger partial charge in [-0.1, -0.05) is 17.7 Å². The predicted molar refractivity (Wildman–Crippen MR) is 96.1 cm³/mol. The van der Waals surface area contributed by atoms with Gasteiger partial charge in [-0.2, -0.15) is 11.2 Å². The number of rotatable bonds is 3. The number of nitrogens with zero attached hydrogens (tertiary/aromatic N) is 3. The van der Waals surface area contributed by atoms with E-state index in [1.807, 2.05) is 0 Å². The van der Waals surface area contributed by atoms with Gasteiger partial charge in [0.05, 0.1) is 0 Å². The minimum Gasteiger partial charge on any atom is -0.305 e. The van der Waals surface area contributed by atoms with Crippen LogP contribution in [0.4, 0.5) is 17.6 Å². The quantitative estimate of drug-likeness (QED) is 0.200. The van der Waals surface area contributed by atoms with E-state index in [-0.39, 0.29) is 37.1 Å². The second-order valence-corrected chi connectivity index (χ2v) is 5.60. The first kappa shape index (κ1) is 23.1. The van der Waals surface area contributed by atoms with Crippen LogP contribution in [0.2, 0.25) is 0 Å². The summed E-state index contributed by atoms with van der Waals surface area (Å²) in [5.74, 6) is -2.78. The monoisotopic (exact) mass is 590 g/mol. The van der Waals surface area contributed by atoms with Gasteiger partial charge in [-0.25, -0.2) is 0 Å². The second kappa shape index (κ2) is 10.6. The number of aromatic nitrogens is 3. The number of hydrogen-bond donors (Lipinski definition) is 0. The molecule has 2 aromatic carbocycles. The number of aldehydes is 1. The van der Waals surface area contributed by atoms with Crippen LogP contribution < -0.4 is 0 Å². The van der Waals surface area contributed by atoms with E-state index in [1.54, 1.807) is 12.3 Å². The van der Waals surface area contributed by atoms with Crippen molar-refractivity contribution in [3.8, 4) is 16.9 Å². The Morgan fingerprint density at radius 3 is 2.23 bits per heavy atom. The molecule has 30 heavy (non-hydrogen) atoms. The molecule has 0 amide bonds. The Kier molecular flexibility index (Phi) is 8.15. The molecule has 0 atom stereocenters. The molecule has 4 aromatic rings. The van der Waals surface area contributed by atoms with Crippen LogP contribution in [0, 0.1) is 35.4 Å². The zero-order valence-corrected chi connectivity index (χ0v) is 17.3. The van der Waals surface area contributed by atoms with Crippen LogP contribution in [0.3, 0.4) is 0 Å². The average molecular weight is 590 g/mol. The summed E-state index contributed by atoms with van der Waals surface area (Å²) in [5.41, 5.74) is 0.792. The van der Waals surface area contributed by atoms with Crippen molar-refractivity contribution in [2.75, 3.05) is 0 Å². The maximum Gasteiger partial charge on any atom is 0.149 e. The normalized spacial score (nSPS) is 9.87. The van der Waals surface area contributed by atoms with Crippen molar-refractivity contribution in [2.45, 2.75) is 0 Å². The number of pyridine rings is 1. The molecule has 155 valence electrons. The van der Waals surface area contributed by atoms with Gasteiger partial charge in [0.15, 0.2) is 0 Å². The Hall–Kier alpha value is -3.16. The van der Waals surface area contributed by atoms with Crippen molar-refractivity contribution in [2.24, 2.45) is 0 Å². The maximum absolute atomic E-state index is 13.4. The fourth-order valence-electron chi connectivity index (χ4n) is 2.31. The maximum atomic E-state index is 13.4. The van der Waals surface area contributed by atoms with Crippen molar-refractivity contribution in [3.63, 3.8) is 0 Å². The molecule has 2 heterocycles. The first-order valence-corrected chi connectivity index (χ1v) is 8.13. The standard InChI is InChI=1S/C12H6F2NO.C9H5F2N2.Ir/c13-9-1-2-10(11(14)6-9)12-5-8(7-16)3-4-15-12;10-7-2-3-9(8(11)6-7)13-5-1-4-12-13;/h1,3-7H;1-2,4-6H;/q2*-1;. The summed E-state index contributed by atoms with van der Waals surface area (Å²) in [6.07, 6.45) is 5.09. The van der Waals surface area contributed by atoms with E-state index in [4.69, 9.17) is 0 Å². The minimum atomic E-state index is -0.754. The van der Waals surface area contributed by atoms with E-state index in [0.29, 0.717) is 11.8 Å². The Morgan fingerprint density at radius 2 is 1.63 bits per heavy atom. The van der Waals surface area contributed by atoms with Crippen LogP contribution in [0.1, 0.15) is 10.4 Å². The van der Waals surface area contributed by atoms with E-state index in [1.165, 1.54) is 29.2 Å². The molecule has 0 N–H and O–H groups in total. The van der Waals surface area contributed by atoms with E-state index in [9.17, 15) is 22.4 Å². The molecule has 0 saturated heterocycles. The molecule has 0 fully saturated rings. The number of carbonyl (C=O) groups is 1. The van der Waals surface area contributed by atoms with E-state index >= 15 is 0 Å².